The number of nitrogens with two attached hydrogens (primary N) is 1. The van der Waals surface area contributed by atoms with Crippen LogP contribution < -0.4 is 5.73 Å². The number of nitrogens with zero attached hydrogens (tertiary/aromatic N) is 4. The van der Waals surface area contributed by atoms with Gasteiger partial charge in [0.05, 0.1) is 12.9 Å². The maximum Gasteiger partial charge on any atom is 0.223 e. The number of rotatable bonds is 5. The van der Waals surface area contributed by atoms with E-state index in [1.165, 1.54) is 10.9 Å². The van der Waals surface area contributed by atoms with Gasteiger partial charge in [-0.05, 0) is 6.42 Å². The lowest BCUT2D eigenvalue weighted by Crippen LogP contribution is -2.33. The summed E-state index contributed by atoms with van der Waals surface area (Å²) in [5, 5.41) is 30.4. The van der Waals surface area contributed by atoms with Crippen molar-refractivity contribution in [1.82, 2.24) is 19.5 Å². The van der Waals surface area contributed by atoms with Crippen molar-refractivity contribution in [2.24, 2.45) is 0 Å². The van der Waals surface area contributed by atoms with E-state index in [9.17, 15) is 15.3 Å². The van der Waals surface area contributed by atoms with Crippen LogP contribution in [0.15, 0.2) is 11.4 Å². The first-order valence-corrected chi connectivity index (χ1v) is 8.63. The van der Waals surface area contributed by atoms with Crippen molar-refractivity contribution in [3.05, 3.63) is 6.33 Å². The molecule has 132 valence electrons. The zero-order valence-electron chi connectivity index (χ0n) is 13.4. The summed E-state index contributed by atoms with van der Waals surface area (Å²) in [5.74, 6) is 0.0989. The third kappa shape index (κ3) is 2.95. The van der Waals surface area contributed by atoms with E-state index in [-0.39, 0.29) is 5.95 Å². The molecule has 9 nitrogen and oxygen atoms in total. The number of aliphatic hydroxyl groups excluding tert-OH is 3. The number of ether oxygens (including phenoxy) is 1. The molecule has 0 bridgehead atoms. The van der Waals surface area contributed by atoms with E-state index in [1.807, 2.05) is 0 Å². The van der Waals surface area contributed by atoms with Crippen LogP contribution >= 0.6 is 11.8 Å². The Hall–Kier alpha value is -1.46. The molecule has 2 aromatic rings. The molecule has 0 aromatic carbocycles. The van der Waals surface area contributed by atoms with E-state index in [2.05, 4.69) is 28.8 Å². The second-order valence-electron chi connectivity index (χ2n) is 5.78. The molecule has 1 aliphatic heterocycles. The van der Waals surface area contributed by atoms with Crippen molar-refractivity contribution in [3.63, 3.8) is 0 Å². The van der Waals surface area contributed by atoms with E-state index >= 15 is 0 Å². The van der Waals surface area contributed by atoms with Crippen molar-refractivity contribution >= 4 is 28.9 Å². The summed E-state index contributed by atoms with van der Waals surface area (Å²) in [7, 11) is 0. The van der Waals surface area contributed by atoms with E-state index in [1.54, 1.807) is 11.8 Å². The molecule has 3 rings (SSSR count). The first-order chi connectivity index (χ1) is 11.5. The average molecular weight is 355 g/mol. The van der Waals surface area contributed by atoms with Gasteiger partial charge in [-0.15, -0.1) is 11.8 Å². The van der Waals surface area contributed by atoms with Crippen LogP contribution in [0.4, 0.5) is 5.95 Å². The SMILES string of the molecule is CC[C@@H](C)Sc1nc(N)nc2c1ncn2[C@H]1O[C@@H](CO)[C@@H](O)[C@H]1O. The molecule has 0 saturated carbocycles. The van der Waals surface area contributed by atoms with Crippen LogP contribution in [0.1, 0.15) is 26.5 Å². The Kier molecular flexibility index (Phi) is 4.92. The molecule has 24 heavy (non-hydrogen) atoms. The fourth-order valence-electron chi connectivity index (χ4n) is 2.56. The molecule has 0 unspecified atom stereocenters. The van der Waals surface area contributed by atoms with E-state index in [0.29, 0.717) is 21.4 Å². The first kappa shape index (κ1) is 17.4. The van der Waals surface area contributed by atoms with Crippen molar-refractivity contribution in [2.75, 3.05) is 12.3 Å². The molecule has 5 N–H and O–H groups in total. The quantitative estimate of drug-likeness (QED) is 0.428. The molecule has 1 fully saturated rings. The molecule has 0 aliphatic carbocycles. The Morgan fingerprint density at radius 2 is 2.12 bits per heavy atom. The highest BCUT2D eigenvalue weighted by atomic mass is 32.2. The molecule has 0 spiro atoms. The number of nitrogen functional groups attached to an aromatic ring is 1. The van der Waals surface area contributed by atoms with Crippen LogP contribution in [-0.2, 0) is 4.74 Å². The minimum Gasteiger partial charge on any atom is -0.394 e. The molecule has 0 radical (unpaired) electrons. The Morgan fingerprint density at radius 1 is 1.38 bits per heavy atom. The van der Waals surface area contributed by atoms with Crippen molar-refractivity contribution in [1.29, 1.82) is 0 Å². The topological polar surface area (TPSA) is 140 Å². The Labute approximate surface area is 142 Å². The number of imidazole rings is 1. The lowest BCUT2D eigenvalue weighted by atomic mass is 10.1. The largest absolute Gasteiger partial charge is 0.394 e. The molecular weight excluding hydrogens is 334 g/mol. The minimum atomic E-state index is -1.21. The summed E-state index contributed by atoms with van der Waals surface area (Å²) in [6.07, 6.45) is -1.73. The zero-order chi connectivity index (χ0) is 17.4. The van der Waals surface area contributed by atoms with Crippen LogP contribution in [0.25, 0.3) is 11.2 Å². The molecule has 5 atom stereocenters. The summed E-state index contributed by atoms with van der Waals surface area (Å²) in [6.45, 7) is 3.77. The number of hydrogen-bond acceptors (Lipinski definition) is 9. The number of hydrogen-bond donors (Lipinski definition) is 4. The van der Waals surface area contributed by atoms with Gasteiger partial charge < -0.3 is 25.8 Å². The normalized spacial score (nSPS) is 28.5. The molecule has 2 aromatic heterocycles. The standard InChI is InChI=1S/C14H21N5O4S/c1-3-6(2)24-12-8-11(17-14(15)18-12)19(5-16-8)13-10(22)9(21)7(4-20)23-13/h5-7,9-10,13,20-22H,3-4H2,1-2H3,(H2,15,17,18)/t6-,7+,9-,10-,13+/m1/s1. The highest BCUT2D eigenvalue weighted by Gasteiger charge is 2.44. The second kappa shape index (κ2) is 6.81. The van der Waals surface area contributed by atoms with Crippen molar-refractivity contribution in [3.8, 4) is 0 Å². The van der Waals surface area contributed by atoms with Crippen LogP contribution in [0.2, 0.25) is 0 Å². The number of aromatic nitrogens is 4. The van der Waals surface area contributed by atoms with Gasteiger partial charge in [0.15, 0.2) is 11.9 Å². The van der Waals surface area contributed by atoms with Gasteiger partial charge in [0, 0.05) is 5.25 Å². The summed E-state index contributed by atoms with van der Waals surface area (Å²) >= 11 is 1.55. The first-order valence-electron chi connectivity index (χ1n) is 7.75. The summed E-state index contributed by atoms with van der Waals surface area (Å²) in [6, 6.07) is 0. The summed E-state index contributed by atoms with van der Waals surface area (Å²) in [5.41, 5.74) is 6.80. The highest BCUT2D eigenvalue weighted by molar-refractivity contribution is 8.00. The van der Waals surface area contributed by atoms with E-state index < -0.39 is 31.1 Å². The van der Waals surface area contributed by atoms with Crippen LogP contribution in [0, 0.1) is 0 Å². The smallest absolute Gasteiger partial charge is 0.223 e. The fourth-order valence-corrected chi connectivity index (χ4v) is 3.51. The Morgan fingerprint density at radius 3 is 2.75 bits per heavy atom. The molecule has 3 heterocycles. The van der Waals surface area contributed by atoms with Gasteiger partial charge in [-0.3, -0.25) is 4.57 Å². The molecular formula is C14H21N5O4S. The summed E-state index contributed by atoms with van der Waals surface area (Å²) in [4.78, 5) is 12.8. The second-order valence-corrected chi connectivity index (χ2v) is 7.20. The van der Waals surface area contributed by atoms with Gasteiger partial charge in [0.25, 0.3) is 0 Å². The number of aliphatic hydroxyl groups is 3. The van der Waals surface area contributed by atoms with Gasteiger partial charge in [0.1, 0.15) is 28.9 Å². The number of thioether (sulfide) groups is 1. The van der Waals surface area contributed by atoms with Gasteiger partial charge in [-0.25, -0.2) is 9.97 Å². The molecule has 10 heteroatoms. The van der Waals surface area contributed by atoms with E-state index in [4.69, 9.17) is 10.5 Å². The summed E-state index contributed by atoms with van der Waals surface area (Å²) < 4.78 is 7.05. The van der Waals surface area contributed by atoms with Gasteiger partial charge in [0.2, 0.25) is 5.95 Å². The van der Waals surface area contributed by atoms with Crippen LogP contribution in [-0.4, -0.2) is 65.0 Å². The van der Waals surface area contributed by atoms with Crippen LogP contribution in [0.5, 0.6) is 0 Å². The molecule has 0 amide bonds. The van der Waals surface area contributed by atoms with Gasteiger partial charge in [-0.2, -0.15) is 4.98 Å². The third-order valence-electron chi connectivity index (χ3n) is 4.09. The zero-order valence-corrected chi connectivity index (χ0v) is 14.2. The van der Waals surface area contributed by atoms with Crippen LogP contribution in [0.3, 0.4) is 0 Å². The van der Waals surface area contributed by atoms with Crippen molar-refractivity contribution in [2.45, 2.75) is 55.1 Å². The highest BCUT2D eigenvalue weighted by Crippen LogP contribution is 2.34. The molecule has 1 saturated heterocycles. The van der Waals surface area contributed by atoms with Crippen molar-refractivity contribution < 1.29 is 20.1 Å². The number of fused-ring (bicyclic) bond motifs is 1. The predicted molar refractivity (Wildman–Crippen MR) is 88.4 cm³/mol. The maximum atomic E-state index is 10.2. The number of anilines is 1. The maximum absolute atomic E-state index is 10.2. The average Bonchev–Trinajstić information content (AvgIpc) is 3.09. The Balaban J connectivity index is 2.02. The van der Waals surface area contributed by atoms with E-state index in [0.717, 1.165) is 6.42 Å². The molecule has 1 aliphatic rings. The fraction of sp³-hybridized carbons (Fsp3) is 0.643. The monoisotopic (exact) mass is 355 g/mol. The van der Waals surface area contributed by atoms with Gasteiger partial charge in [-0.1, -0.05) is 13.8 Å². The third-order valence-corrected chi connectivity index (χ3v) is 5.33. The lowest BCUT2D eigenvalue weighted by Gasteiger charge is -2.16. The van der Waals surface area contributed by atoms with Gasteiger partial charge >= 0.3 is 0 Å². The predicted octanol–water partition coefficient (Wildman–Crippen LogP) is -0.0894. The lowest BCUT2D eigenvalue weighted by molar-refractivity contribution is -0.0511. The Bertz CT molecular complexity index is 726. The minimum absolute atomic E-state index is 0.0989.